The first-order valence-corrected chi connectivity index (χ1v) is 6.47. The van der Waals surface area contributed by atoms with Gasteiger partial charge in [-0.3, -0.25) is 0 Å². The number of rotatable bonds is 3. The first-order valence-electron chi connectivity index (χ1n) is 6.47. The highest BCUT2D eigenvalue weighted by Crippen LogP contribution is 2.30. The Kier molecular flexibility index (Phi) is 3.58. The minimum absolute atomic E-state index is 0.317. The van der Waals surface area contributed by atoms with Gasteiger partial charge in [-0.1, -0.05) is 24.3 Å². The van der Waals surface area contributed by atoms with Gasteiger partial charge in [-0.2, -0.15) is 18.3 Å². The average molecular weight is 304 g/mol. The average Bonchev–Trinajstić information content (AvgIpc) is 2.96. The lowest BCUT2D eigenvalue weighted by atomic mass is 10.2. The van der Waals surface area contributed by atoms with Crippen LogP contribution in [0.25, 0.3) is 5.69 Å². The molecular weight excluding hydrogens is 293 g/mol. The van der Waals surface area contributed by atoms with E-state index in [2.05, 4.69) is 5.10 Å². The number of para-hydroxylation sites is 1. The van der Waals surface area contributed by atoms with Crippen LogP contribution in [-0.4, -0.2) is 9.78 Å². The summed E-state index contributed by atoms with van der Waals surface area (Å²) in [6.07, 6.45) is -1.40. The molecule has 112 valence electrons. The van der Waals surface area contributed by atoms with E-state index in [1.165, 1.54) is 23.1 Å². The van der Waals surface area contributed by atoms with Gasteiger partial charge in [-0.15, -0.1) is 0 Å². The van der Waals surface area contributed by atoms with Gasteiger partial charge in [-0.25, -0.2) is 4.68 Å². The van der Waals surface area contributed by atoms with Crippen molar-refractivity contribution < 1.29 is 17.9 Å². The normalized spacial score (nSPS) is 11.4. The molecule has 3 rings (SSSR count). The lowest BCUT2D eigenvalue weighted by molar-refractivity contribution is -0.137. The summed E-state index contributed by atoms with van der Waals surface area (Å²) in [4.78, 5) is 0. The fourth-order valence-electron chi connectivity index (χ4n) is 1.95. The van der Waals surface area contributed by atoms with Crippen LogP contribution < -0.4 is 4.74 Å². The lowest BCUT2D eigenvalue weighted by Gasteiger charge is -2.08. The van der Waals surface area contributed by atoms with E-state index in [9.17, 15) is 13.2 Å². The van der Waals surface area contributed by atoms with Crippen molar-refractivity contribution in [3.05, 3.63) is 72.6 Å². The van der Waals surface area contributed by atoms with Gasteiger partial charge in [0.25, 0.3) is 0 Å². The van der Waals surface area contributed by atoms with Gasteiger partial charge in [-0.05, 0) is 30.3 Å². The minimum atomic E-state index is -4.38. The van der Waals surface area contributed by atoms with E-state index in [4.69, 9.17) is 4.74 Å². The second kappa shape index (κ2) is 5.55. The number of aromatic nitrogens is 2. The summed E-state index contributed by atoms with van der Waals surface area (Å²) in [6.45, 7) is 0. The smallest absolute Gasteiger partial charge is 0.416 e. The maximum atomic E-state index is 12.7. The molecule has 1 heterocycles. The summed E-state index contributed by atoms with van der Waals surface area (Å²) in [5, 5.41) is 4.03. The van der Waals surface area contributed by atoms with E-state index in [0.29, 0.717) is 17.2 Å². The number of hydrogen-bond acceptors (Lipinski definition) is 2. The largest absolute Gasteiger partial charge is 0.454 e. The molecule has 0 bridgehead atoms. The van der Waals surface area contributed by atoms with Gasteiger partial charge in [0.15, 0.2) is 5.75 Å². The Balaban J connectivity index is 1.85. The lowest BCUT2D eigenvalue weighted by Crippen LogP contribution is -2.06. The molecule has 0 atom stereocenters. The Labute approximate surface area is 124 Å². The molecule has 0 fully saturated rings. The van der Waals surface area contributed by atoms with Crippen LogP contribution in [0.3, 0.4) is 0 Å². The molecule has 0 saturated heterocycles. The van der Waals surface area contributed by atoms with Crippen LogP contribution in [0.5, 0.6) is 11.5 Å². The van der Waals surface area contributed by atoms with Gasteiger partial charge in [0.1, 0.15) is 5.75 Å². The Hall–Kier alpha value is -2.76. The highest BCUT2D eigenvalue weighted by atomic mass is 19.4. The molecule has 3 aromatic rings. The molecule has 0 N–H and O–H groups in total. The van der Waals surface area contributed by atoms with Crippen LogP contribution >= 0.6 is 0 Å². The van der Waals surface area contributed by atoms with Gasteiger partial charge in [0, 0.05) is 0 Å². The van der Waals surface area contributed by atoms with E-state index >= 15 is 0 Å². The van der Waals surface area contributed by atoms with E-state index in [0.717, 1.165) is 12.1 Å². The van der Waals surface area contributed by atoms with E-state index in [1.807, 2.05) is 18.2 Å². The summed E-state index contributed by atoms with van der Waals surface area (Å²) in [7, 11) is 0. The number of nitrogens with zero attached hydrogens (tertiary/aromatic N) is 2. The zero-order valence-corrected chi connectivity index (χ0v) is 11.3. The molecule has 22 heavy (non-hydrogen) atoms. The second-order valence-corrected chi connectivity index (χ2v) is 4.58. The molecule has 0 amide bonds. The van der Waals surface area contributed by atoms with E-state index in [-0.39, 0.29) is 0 Å². The van der Waals surface area contributed by atoms with Crippen molar-refractivity contribution in [3.8, 4) is 17.2 Å². The molecule has 3 nitrogen and oxygen atoms in total. The first kappa shape index (κ1) is 14.2. The van der Waals surface area contributed by atoms with Crippen LogP contribution in [-0.2, 0) is 6.18 Å². The number of alkyl halides is 3. The SMILES string of the molecule is FC(F)(F)c1cccc(-n2cc(Oc3ccccc3)cn2)c1. The Bertz CT molecular complexity index is 766. The topological polar surface area (TPSA) is 27.1 Å². The van der Waals surface area contributed by atoms with Gasteiger partial charge in [0.05, 0.1) is 23.6 Å². The number of hydrogen-bond donors (Lipinski definition) is 0. The van der Waals surface area contributed by atoms with Crippen molar-refractivity contribution in [1.29, 1.82) is 0 Å². The standard InChI is InChI=1S/C16H11F3N2O/c17-16(18,19)12-5-4-6-13(9-12)21-11-15(10-20-21)22-14-7-2-1-3-8-14/h1-11H. The fraction of sp³-hybridized carbons (Fsp3) is 0.0625. The highest BCUT2D eigenvalue weighted by Gasteiger charge is 2.30. The molecule has 0 saturated carbocycles. The van der Waals surface area contributed by atoms with Gasteiger partial charge in [0.2, 0.25) is 0 Å². The molecule has 0 aliphatic heterocycles. The quantitative estimate of drug-likeness (QED) is 0.702. The van der Waals surface area contributed by atoms with Crippen LogP contribution in [0, 0.1) is 0 Å². The Morgan fingerprint density at radius 3 is 2.41 bits per heavy atom. The maximum absolute atomic E-state index is 12.7. The van der Waals surface area contributed by atoms with Crippen molar-refractivity contribution in [2.24, 2.45) is 0 Å². The molecule has 0 unspecified atom stereocenters. The third kappa shape index (κ3) is 3.11. The maximum Gasteiger partial charge on any atom is 0.416 e. The summed E-state index contributed by atoms with van der Waals surface area (Å²) >= 11 is 0. The van der Waals surface area contributed by atoms with E-state index in [1.54, 1.807) is 18.2 Å². The predicted molar refractivity (Wildman–Crippen MR) is 75.1 cm³/mol. The van der Waals surface area contributed by atoms with Crippen molar-refractivity contribution in [1.82, 2.24) is 9.78 Å². The molecule has 0 aliphatic rings. The van der Waals surface area contributed by atoms with Crippen molar-refractivity contribution in [2.45, 2.75) is 6.18 Å². The van der Waals surface area contributed by atoms with Crippen molar-refractivity contribution >= 4 is 0 Å². The molecule has 6 heteroatoms. The second-order valence-electron chi connectivity index (χ2n) is 4.58. The van der Waals surface area contributed by atoms with Crippen LogP contribution in [0.2, 0.25) is 0 Å². The van der Waals surface area contributed by atoms with E-state index < -0.39 is 11.7 Å². The van der Waals surface area contributed by atoms with Crippen LogP contribution in [0.4, 0.5) is 13.2 Å². The summed E-state index contributed by atoms with van der Waals surface area (Å²) in [5.74, 6) is 1.08. The molecule has 2 aromatic carbocycles. The van der Waals surface area contributed by atoms with Gasteiger partial charge >= 0.3 is 6.18 Å². The molecule has 0 radical (unpaired) electrons. The Morgan fingerprint density at radius 1 is 0.909 bits per heavy atom. The minimum Gasteiger partial charge on any atom is -0.454 e. The number of benzene rings is 2. The monoisotopic (exact) mass is 304 g/mol. The molecule has 1 aromatic heterocycles. The molecular formula is C16H11F3N2O. The number of halogens is 3. The fourth-order valence-corrected chi connectivity index (χ4v) is 1.95. The molecule has 0 spiro atoms. The van der Waals surface area contributed by atoms with Crippen molar-refractivity contribution in [3.63, 3.8) is 0 Å². The third-order valence-electron chi connectivity index (χ3n) is 2.98. The zero-order chi connectivity index (χ0) is 15.6. The highest BCUT2D eigenvalue weighted by molar-refractivity contribution is 5.38. The van der Waals surface area contributed by atoms with Crippen molar-refractivity contribution in [2.75, 3.05) is 0 Å². The predicted octanol–water partition coefficient (Wildman–Crippen LogP) is 4.68. The zero-order valence-electron chi connectivity index (χ0n) is 11.3. The summed E-state index contributed by atoms with van der Waals surface area (Å²) < 4.78 is 45.1. The third-order valence-corrected chi connectivity index (χ3v) is 2.98. The summed E-state index contributed by atoms with van der Waals surface area (Å²) in [6, 6.07) is 14.0. The number of ether oxygens (including phenoxy) is 1. The Morgan fingerprint density at radius 2 is 1.68 bits per heavy atom. The van der Waals surface area contributed by atoms with Crippen LogP contribution in [0.1, 0.15) is 5.56 Å². The summed E-state index contributed by atoms with van der Waals surface area (Å²) in [5.41, 5.74) is -0.399. The first-order chi connectivity index (χ1) is 10.5. The van der Waals surface area contributed by atoms with Crippen LogP contribution in [0.15, 0.2) is 67.0 Å². The molecule has 0 aliphatic carbocycles. The van der Waals surface area contributed by atoms with Gasteiger partial charge < -0.3 is 4.74 Å².